The maximum atomic E-state index is 13.7. The van der Waals surface area contributed by atoms with Crippen LogP contribution in [0.15, 0.2) is 89.8 Å². The number of carbonyl (C=O) groups is 2. The minimum atomic E-state index is -3.89. The van der Waals surface area contributed by atoms with Gasteiger partial charge in [-0.2, -0.15) is 4.31 Å². The first-order valence-corrected chi connectivity index (χ1v) is 17.1. The van der Waals surface area contributed by atoms with Crippen molar-refractivity contribution in [3.05, 3.63) is 96.1 Å². The number of hydrogen-bond acceptors (Lipinski definition) is 7. The van der Waals surface area contributed by atoms with Gasteiger partial charge in [0.05, 0.1) is 18.6 Å². The Bertz CT molecular complexity index is 1430. The number of methoxy groups -OCH3 is 1. The van der Waals surface area contributed by atoms with Gasteiger partial charge in [0.1, 0.15) is 6.04 Å². The van der Waals surface area contributed by atoms with E-state index >= 15 is 0 Å². The molecule has 3 aromatic rings. The molecule has 11 heteroatoms. The summed E-state index contributed by atoms with van der Waals surface area (Å²) in [5.74, 6) is -0.656. The van der Waals surface area contributed by atoms with Gasteiger partial charge in [0.2, 0.25) is 15.9 Å². The van der Waals surface area contributed by atoms with E-state index in [0.29, 0.717) is 24.9 Å². The number of nitrogen functional groups attached to an aromatic ring is 1. The molecule has 0 aliphatic heterocycles. The Balaban J connectivity index is 1.75. The second-order valence-corrected chi connectivity index (χ2v) is 13.9. The number of nitrogens with zero attached hydrogens (tertiary/aromatic N) is 1. The molecule has 3 atom stereocenters. The first kappa shape index (κ1) is 36.5. The van der Waals surface area contributed by atoms with Crippen LogP contribution in [0.2, 0.25) is 0 Å². The molecule has 0 spiro atoms. The highest BCUT2D eigenvalue weighted by Crippen LogP contribution is 2.29. The van der Waals surface area contributed by atoms with Gasteiger partial charge in [-0.3, -0.25) is 4.79 Å². The Morgan fingerprint density at radius 1 is 0.870 bits per heavy atom. The molecule has 0 aromatic heterocycles. The Morgan fingerprint density at radius 2 is 1.43 bits per heavy atom. The number of ether oxygens (including phenoxy) is 1. The van der Waals surface area contributed by atoms with Crippen LogP contribution in [0.5, 0.6) is 0 Å². The molecule has 10 nitrogen and oxygen atoms in total. The topological polar surface area (TPSA) is 151 Å². The number of hydrogen-bond donors (Lipinski definition) is 4. The maximum absolute atomic E-state index is 13.7. The average Bonchev–Trinajstić information content (AvgIpc) is 3.05. The van der Waals surface area contributed by atoms with Crippen molar-refractivity contribution < 1.29 is 27.9 Å². The van der Waals surface area contributed by atoms with E-state index in [1.807, 2.05) is 81.4 Å². The minimum Gasteiger partial charge on any atom is -0.453 e. The van der Waals surface area contributed by atoms with Crippen molar-refractivity contribution in [2.75, 3.05) is 32.5 Å². The molecule has 2 amide bonds. The number of sulfonamides is 1. The third-order valence-corrected chi connectivity index (χ3v) is 10.0. The molecule has 0 aliphatic carbocycles. The van der Waals surface area contributed by atoms with Gasteiger partial charge < -0.3 is 26.2 Å². The summed E-state index contributed by atoms with van der Waals surface area (Å²) < 4.78 is 33.6. The van der Waals surface area contributed by atoms with Gasteiger partial charge in [-0.1, -0.05) is 81.4 Å². The first-order valence-electron chi connectivity index (χ1n) is 15.7. The zero-order chi connectivity index (χ0) is 33.7. The predicted molar refractivity (Wildman–Crippen MR) is 181 cm³/mol. The van der Waals surface area contributed by atoms with Crippen molar-refractivity contribution in [3.63, 3.8) is 0 Å². The first-order chi connectivity index (χ1) is 22.0. The number of benzene rings is 3. The molecular formula is C35H48N4O6S. The monoisotopic (exact) mass is 652 g/mol. The van der Waals surface area contributed by atoms with Crippen molar-refractivity contribution in [2.45, 2.75) is 62.9 Å². The van der Waals surface area contributed by atoms with E-state index in [4.69, 9.17) is 10.5 Å². The van der Waals surface area contributed by atoms with Crippen molar-refractivity contribution in [2.24, 2.45) is 11.8 Å². The van der Waals surface area contributed by atoms with Crippen LogP contribution in [0, 0.1) is 11.8 Å². The minimum absolute atomic E-state index is 0.0603. The van der Waals surface area contributed by atoms with Gasteiger partial charge in [-0.25, -0.2) is 13.2 Å². The standard InChI is InChI=1S/C35H48N4O6S/c1-25(2)21-22-39(46(43,44)31-19-16-29(36)17-20-31)30(24-40)18-15-26(3)23-37-34(41)33(38-35(42)45-4)32(27-11-7-5-8-12-27)28-13-9-6-10-14-28/h5-14,16-17,19-20,25-26,30,32-33,40H,15,18,21-24,36H2,1-4H3,(H,37,41)(H,38,42)/t26?,30-,33-/m0/s1. The molecular weight excluding hydrogens is 604 g/mol. The van der Waals surface area contributed by atoms with Crippen LogP contribution < -0.4 is 16.4 Å². The molecule has 0 bridgehead atoms. The molecule has 3 aromatic carbocycles. The van der Waals surface area contributed by atoms with Crippen LogP contribution in [0.1, 0.15) is 57.1 Å². The van der Waals surface area contributed by atoms with Crippen LogP contribution in [0.4, 0.5) is 10.5 Å². The van der Waals surface area contributed by atoms with Crippen molar-refractivity contribution in [1.29, 1.82) is 0 Å². The van der Waals surface area contributed by atoms with Gasteiger partial charge >= 0.3 is 6.09 Å². The second-order valence-electron chi connectivity index (χ2n) is 12.0. The van der Waals surface area contributed by atoms with Gasteiger partial charge in [-0.05, 0) is 66.5 Å². The number of aliphatic hydroxyl groups excluding tert-OH is 1. The van der Waals surface area contributed by atoms with Gasteiger partial charge in [0.15, 0.2) is 0 Å². The van der Waals surface area contributed by atoms with E-state index in [9.17, 15) is 23.1 Å². The molecule has 250 valence electrons. The van der Waals surface area contributed by atoms with E-state index < -0.39 is 34.1 Å². The summed E-state index contributed by atoms with van der Waals surface area (Å²) in [5.41, 5.74) is 7.95. The molecule has 3 rings (SSSR count). The number of amides is 2. The van der Waals surface area contributed by atoms with Crippen LogP contribution in [0.3, 0.4) is 0 Å². The third kappa shape index (κ3) is 10.3. The Morgan fingerprint density at radius 3 is 1.93 bits per heavy atom. The number of aliphatic hydroxyl groups is 1. The van der Waals surface area contributed by atoms with Crippen LogP contribution in [-0.2, 0) is 19.6 Å². The fraction of sp³-hybridized carbons (Fsp3) is 0.429. The van der Waals surface area contributed by atoms with Crippen LogP contribution in [0.25, 0.3) is 0 Å². The normalized spacial score (nSPS) is 13.7. The molecule has 0 aliphatic rings. The van der Waals surface area contributed by atoms with Crippen molar-refractivity contribution >= 4 is 27.7 Å². The number of nitrogens with one attached hydrogen (secondary N) is 2. The van der Waals surface area contributed by atoms with Crippen LogP contribution in [-0.4, -0.2) is 68.7 Å². The third-order valence-electron chi connectivity index (χ3n) is 8.04. The number of anilines is 1. The summed E-state index contributed by atoms with van der Waals surface area (Å²) in [4.78, 5) is 26.3. The van der Waals surface area contributed by atoms with E-state index in [1.165, 1.54) is 23.5 Å². The Hall–Kier alpha value is -3.93. The summed E-state index contributed by atoms with van der Waals surface area (Å²) in [6.45, 7) is 6.21. The van der Waals surface area contributed by atoms with Crippen molar-refractivity contribution in [1.82, 2.24) is 14.9 Å². The quantitative estimate of drug-likeness (QED) is 0.154. The van der Waals surface area contributed by atoms with E-state index in [1.54, 1.807) is 12.1 Å². The summed E-state index contributed by atoms with van der Waals surface area (Å²) in [6, 6.07) is 23.4. The fourth-order valence-electron chi connectivity index (χ4n) is 5.33. The molecule has 0 saturated carbocycles. The lowest BCUT2D eigenvalue weighted by molar-refractivity contribution is -0.123. The number of rotatable bonds is 17. The van der Waals surface area contributed by atoms with Gasteiger partial charge in [-0.15, -0.1) is 0 Å². The summed E-state index contributed by atoms with van der Waals surface area (Å²) in [7, 11) is -2.64. The van der Waals surface area contributed by atoms with Gasteiger partial charge in [0.25, 0.3) is 0 Å². The van der Waals surface area contributed by atoms with Crippen molar-refractivity contribution in [3.8, 4) is 0 Å². The Kier molecular flexibility index (Phi) is 14.0. The highest BCUT2D eigenvalue weighted by molar-refractivity contribution is 7.89. The molecule has 0 fully saturated rings. The van der Waals surface area contributed by atoms with Crippen LogP contribution >= 0.6 is 0 Å². The van der Waals surface area contributed by atoms with E-state index in [-0.39, 0.29) is 42.3 Å². The average molecular weight is 653 g/mol. The predicted octanol–water partition coefficient (Wildman–Crippen LogP) is 4.76. The molecule has 0 heterocycles. The fourth-order valence-corrected chi connectivity index (χ4v) is 7.00. The van der Waals surface area contributed by atoms with E-state index in [2.05, 4.69) is 10.6 Å². The SMILES string of the molecule is COC(=O)N[C@H](C(=O)NCC(C)CC[C@@H](CO)N(CCC(C)C)S(=O)(=O)c1ccc(N)cc1)C(c1ccccc1)c1ccccc1. The maximum Gasteiger partial charge on any atom is 0.407 e. The highest BCUT2D eigenvalue weighted by Gasteiger charge is 2.34. The number of nitrogens with two attached hydrogens (primary N) is 1. The second kappa shape index (κ2) is 17.7. The largest absolute Gasteiger partial charge is 0.453 e. The zero-order valence-corrected chi connectivity index (χ0v) is 28.0. The lowest BCUT2D eigenvalue weighted by Gasteiger charge is -2.31. The molecule has 5 N–H and O–H groups in total. The van der Waals surface area contributed by atoms with E-state index in [0.717, 1.165) is 11.1 Å². The Labute approximate surface area is 273 Å². The zero-order valence-electron chi connectivity index (χ0n) is 27.1. The molecule has 0 saturated heterocycles. The molecule has 1 unspecified atom stereocenters. The summed E-state index contributed by atoms with van der Waals surface area (Å²) in [5, 5.41) is 16.1. The number of alkyl carbamates (subject to hydrolysis) is 1. The van der Waals surface area contributed by atoms with Gasteiger partial charge in [0, 0.05) is 30.7 Å². The lowest BCUT2D eigenvalue weighted by atomic mass is 9.84. The smallest absolute Gasteiger partial charge is 0.407 e. The lowest BCUT2D eigenvalue weighted by Crippen LogP contribution is -2.51. The summed E-state index contributed by atoms with van der Waals surface area (Å²) in [6.07, 6.45) is 0.839. The molecule has 46 heavy (non-hydrogen) atoms. The molecule has 0 radical (unpaired) electrons. The number of carbonyl (C=O) groups excluding carboxylic acids is 2. The summed E-state index contributed by atoms with van der Waals surface area (Å²) >= 11 is 0. The highest BCUT2D eigenvalue weighted by atomic mass is 32.2.